The topological polar surface area (TPSA) is 63.3 Å². The Bertz CT molecular complexity index is 643. The molecule has 2 aromatic rings. The summed E-state index contributed by atoms with van der Waals surface area (Å²) in [6, 6.07) is 4.25. The average molecular weight is 308 g/mol. The van der Waals surface area contributed by atoms with Gasteiger partial charge < -0.3 is 9.52 Å². The number of aromatic carboxylic acids is 1. The molecule has 0 spiro atoms. The smallest absolute Gasteiger partial charge is 0.374 e. The van der Waals surface area contributed by atoms with Gasteiger partial charge in [0.25, 0.3) is 6.43 Å². The van der Waals surface area contributed by atoms with Crippen molar-refractivity contribution in [1.82, 2.24) is 4.98 Å². The molecule has 1 N–H and O–H groups in total. The molecule has 0 aliphatic rings. The van der Waals surface area contributed by atoms with E-state index in [0.717, 1.165) is 0 Å². The first-order chi connectivity index (χ1) is 8.90. The van der Waals surface area contributed by atoms with Crippen LogP contribution in [0.5, 0.6) is 0 Å². The fourth-order valence-corrected chi connectivity index (χ4v) is 1.78. The van der Waals surface area contributed by atoms with E-state index in [4.69, 9.17) is 32.7 Å². The highest BCUT2D eigenvalue weighted by Crippen LogP contribution is 2.33. The van der Waals surface area contributed by atoms with Gasteiger partial charge in [-0.1, -0.05) is 23.2 Å². The molecule has 0 aliphatic heterocycles. The third-order valence-corrected chi connectivity index (χ3v) is 2.78. The fourth-order valence-electron chi connectivity index (χ4n) is 1.41. The second kappa shape index (κ2) is 5.14. The Hall–Kier alpha value is -1.66. The van der Waals surface area contributed by atoms with Gasteiger partial charge in [-0.3, -0.25) is 0 Å². The predicted molar refractivity (Wildman–Crippen MR) is 63.9 cm³/mol. The Morgan fingerprint density at radius 3 is 2.58 bits per heavy atom. The predicted octanol–water partition coefficient (Wildman–Crippen LogP) is 4.28. The minimum atomic E-state index is -3.07. The van der Waals surface area contributed by atoms with Gasteiger partial charge in [0.1, 0.15) is 0 Å². The Balaban J connectivity index is 2.60. The number of alkyl halides is 2. The Kier molecular flexibility index (Phi) is 3.73. The zero-order valence-corrected chi connectivity index (χ0v) is 10.5. The monoisotopic (exact) mass is 307 g/mol. The summed E-state index contributed by atoms with van der Waals surface area (Å²) in [5.74, 6) is -2.87. The number of aromatic nitrogens is 1. The van der Waals surface area contributed by atoms with E-state index in [1.165, 1.54) is 18.2 Å². The summed E-state index contributed by atoms with van der Waals surface area (Å²) in [6.45, 7) is 0. The van der Waals surface area contributed by atoms with E-state index in [0.29, 0.717) is 0 Å². The lowest BCUT2D eigenvalue weighted by molar-refractivity contribution is 0.0647. The van der Waals surface area contributed by atoms with Crippen LogP contribution in [-0.4, -0.2) is 16.1 Å². The van der Waals surface area contributed by atoms with Crippen LogP contribution in [-0.2, 0) is 0 Å². The van der Waals surface area contributed by atoms with Crippen molar-refractivity contribution in [3.63, 3.8) is 0 Å². The molecule has 4 nitrogen and oxygen atoms in total. The summed E-state index contributed by atoms with van der Waals surface area (Å²) in [5, 5.41) is 9.21. The van der Waals surface area contributed by atoms with Gasteiger partial charge in [-0.25, -0.2) is 18.6 Å². The molecule has 1 aromatic heterocycles. The highest BCUT2D eigenvalue weighted by Gasteiger charge is 2.27. The van der Waals surface area contributed by atoms with Gasteiger partial charge in [-0.05, 0) is 18.2 Å². The quantitative estimate of drug-likeness (QED) is 0.919. The lowest BCUT2D eigenvalue weighted by atomic mass is 10.2. The highest BCUT2D eigenvalue weighted by molar-refractivity contribution is 6.35. The maximum Gasteiger partial charge on any atom is 0.374 e. The molecule has 100 valence electrons. The van der Waals surface area contributed by atoms with Crippen molar-refractivity contribution in [2.24, 2.45) is 0 Å². The minimum absolute atomic E-state index is 0.142. The molecule has 8 heteroatoms. The van der Waals surface area contributed by atoms with Crippen molar-refractivity contribution in [3.05, 3.63) is 39.7 Å². The zero-order chi connectivity index (χ0) is 14.2. The number of carboxylic acid groups (broad SMARTS) is 1. The molecule has 0 atom stereocenters. The van der Waals surface area contributed by atoms with Gasteiger partial charge in [0.15, 0.2) is 5.69 Å². The molecule has 2 rings (SSSR count). The molecule has 1 aromatic carbocycles. The van der Waals surface area contributed by atoms with Crippen molar-refractivity contribution in [3.8, 4) is 11.5 Å². The van der Waals surface area contributed by atoms with E-state index in [-0.39, 0.29) is 21.5 Å². The highest BCUT2D eigenvalue weighted by atomic mass is 35.5. The van der Waals surface area contributed by atoms with Crippen LogP contribution in [0.1, 0.15) is 22.7 Å². The molecule has 19 heavy (non-hydrogen) atoms. The van der Waals surface area contributed by atoms with E-state index in [1.807, 2.05) is 0 Å². The standard InChI is InChI=1S/C11H5Cl2F2NO3/c12-4-1-2-6(13)5(3-4)10-16-7(9(14)15)8(19-10)11(17)18/h1-3,9H,(H,17,18). The Morgan fingerprint density at radius 2 is 2.05 bits per heavy atom. The normalized spacial score (nSPS) is 11.0. The van der Waals surface area contributed by atoms with Gasteiger partial charge >= 0.3 is 5.97 Å². The van der Waals surface area contributed by atoms with Crippen LogP contribution in [0.15, 0.2) is 22.6 Å². The number of carboxylic acids is 1. The summed E-state index contributed by atoms with van der Waals surface area (Å²) in [5.41, 5.74) is -0.804. The van der Waals surface area contributed by atoms with Crippen molar-refractivity contribution in [1.29, 1.82) is 0 Å². The van der Waals surface area contributed by atoms with Crippen LogP contribution < -0.4 is 0 Å². The third-order valence-electron chi connectivity index (χ3n) is 2.21. The van der Waals surface area contributed by atoms with E-state index in [1.54, 1.807) is 0 Å². The molecule has 0 saturated carbocycles. The van der Waals surface area contributed by atoms with E-state index in [2.05, 4.69) is 4.98 Å². The molecular weight excluding hydrogens is 303 g/mol. The number of carbonyl (C=O) groups is 1. The molecule has 0 unspecified atom stereocenters. The van der Waals surface area contributed by atoms with Gasteiger partial charge in [-0.2, -0.15) is 0 Å². The number of hydrogen-bond acceptors (Lipinski definition) is 3. The Morgan fingerprint density at radius 1 is 1.37 bits per heavy atom. The molecule has 0 fully saturated rings. The number of halogens is 4. The summed E-state index contributed by atoms with van der Waals surface area (Å²) >= 11 is 11.6. The second-order valence-electron chi connectivity index (χ2n) is 3.46. The third kappa shape index (κ3) is 2.69. The number of nitrogens with zero attached hydrogens (tertiary/aromatic N) is 1. The minimum Gasteiger partial charge on any atom is -0.475 e. The maximum absolute atomic E-state index is 12.7. The Labute approximate surface area is 115 Å². The van der Waals surface area contributed by atoms with Crippen LogP contribution in [0, 0.1) is 0 Å². The fraction of sp³-hybridized carbons (Fsp3) is 0.0909. The number of rotatable bonds is 3. The van der Waals surface area contributed by atoms with Crippen LogP contribution >= 0.6 is 23.2 Å². The van der Waals surface area contributed by atoms with Crippen LogP contribution in [0.3, 0.4) is 0 Å². The summed E-state index contributed by atoms with van der Waals surface area (Å²) in [7, 11) is 0. The molecule has 0 saturated heterocycles. The van der Waals surface area contributed by atoms with Crippen LogP contribution in [0.4, 0.5) is 8.78 Å². The molecule has 0 aliphatic carbocycles. The first kappa shape index (κ1) is 13.8. The van der Waals surface area contributed by atoms with Crippen LogP contribution in [0.25, 0.3) is 11.5 Å². The maximum atomic E-state index is 12.7. The second-order valence-corrected chi connectivity index (χ2v) is 4.31. The zero-order valence-electron chi connectivity index (χ0n) is 9.03. The molecule has 0 bridgehead atoms. The summed E-state index contributed by atoms with van der Waals surface area (Å²) in [6.07, 6.45) is -3.07. The first-order valence-electron chi connectivity index (χ1n) is 4.87. The van der Waals surface area contributed by atoms with E-state index in [9.17, 15) is 13.6 Å². The SMILES string of the molecule is O=C(O)c1oc(-c2cc(Cl)ccc2Cl)nc1C(F)F. The number of hydrogen-bond donors (Lipinski definition) is 1. The number of oxazole rings is 1. The van der Waals surface area contributed by atoms with Gasteiger partial charge in [0.05, 0.1) is 10.6 Å². The lowest BCUT2D eigenvalue weighted by Gasteiger charge is -1.99. The first-order valence-corrected chi connectivity index (χ1v) is 5.63. The average Bonchev–Trinajstić information content (AvgIpc) is 2.77. The largest absolute Gasteiger partial charge is 0.475 e. The van der Waals surface area contributed by atoms with Crippen molar-refractivity contribution in [2.75, 3.05) is 0 Å². The van der Waals surface area contributed by atoms with Gasteiger partial charge in [-0.15, -0.1) is 0 Å². The van der Waals surface area contributed by atoms with Crippen molar-refractivity contribution in [2.45, 2.75) is 6.43 Å². The lowest BCUT2D eigenvalue weighted by Crippen LogP contribution is -1.99. The molecule has 0 amide bonds. The number of benzene rings is 1. The molecule has 0 radical (unpaired) electrons. The van der Waals surface area contributed by atoms with Crippen molar-refractivity contribution < 1.29 is 23.1 Å². The molecule has 1 heterocycles. The van der Waals surface area contributed by atoms with Gasteiger partial charge in [0.2, 0.25) is 11.7 Å². The van der Waals surface area contributed by atoms with E-state index < -0.39 is 23.8 Å². The summed E-state index contributed by atoms with van der Waals surface area (Å²) < 4.78 is 30.1. The van der Waals surface area contributed by atoms with Gasteiger partial charge in [0, 0.05) is 5.02 Å². The van der Waals surface area contributed by atoms with E-state index >= 15 is 0 Å². The molecular formula is C11H5Cl2F2NO3. The van der Waals surface area contributed by atoms with Crippen LogP contribution in [0.2, 0.25) is 10.0 Å². The van der Waals surface area contributed by atoms with Crippen molar-refractivity contribution >= 4 is 29.2 Å². The summed E-state index contributed by atoms with van der Waals surface area (Å²) in [4.78, 5) is 14.3.